The van der Waals surface area contributed by atoms with Crippen LogP contribution in [-0.2, 0) is 0 Å². The van der Waals surface area contributed by atoms with Gasteiger partial charge in [-0.25, -0.2) is 4.68 Å². The second kappa shape index (κ2) is 4.19. The van der Waals surface area contributed by atoms with E-state index in [1.165, 1.54) is 0 Å². The first-order valence-electron chi connectivity index (χ1n) is 5.17. The number of benzene rings is 1. The molecule has 2 N–H and O–H groups in total. The average Bonchev–Trinajstić information content (AvgIpc) is 2.97. The second-order valence-corrected chi connectivity index (χ2v) is 3.96. The van der Waals surface area contributed by atoms with Gasteiger partial charge in [0, 0.05) is 0 Å². The molecule has 3 aromatic rings. The number of hydrogen-bond donors (Lipinski definition) is 2. The van der Waals surface area contributed by atoms with Crippen LogP contribution in [0.2, 0.25) is 0 Å². The predicted octanol–water partition coefficient (Wildman–Crippen LogP) is 1.79. The molecule has 0 bridgehead atoms. The molecule has 90 valence electrons. The van der Waals surface area contributed by atoms with E-state index in [-0.39, 0.29) is 5.22 Å². The van der Waals surface area contributed by atoms with Crippen LogP contribution in [0.1, 0.15) is 0 Å². The van der Waals surface area contributed by atoms with E-state index in [0.717, 1.165) is 5.69 Å². The van der Waals surface area contributed by atoms with E-state index in [9.17, 15) is 0 Å². The summed E-state index contributed by atoms with van der Waals surface area (Å²) < 4.78 is 6.82. The van der Waals surface area contributed by atoms with Gasteiger partial charge in [0.2, 0.25) is 0 Å². The van der Waals surface area contributed by atoms with Crippen LogP contribution < -0.4 is 5.73 Å². The van der Waals surface area contributed by atoms with Crippen LogP contribution in [0.3, 0.4) is 0 Å². The van der Waals surface area contributed by atoms with Gasteiger partial charge in [0.25, 0.3) is 11.1 Å². The Morgan fingerprint density at radius 1 is 1.17 bits per heavy atom. The first-order chi connectivity index (χ1) is 8.75. The standard InChI is InChI=1S/C11H9N5OS/c12-9-8(10-14-15-11(18)17-10)6-13-16(9)7-4-2-1-3-5-7/h1-6H,12H2,(H,15,18). The highest BCUT2D eigenvalue weighted by Gasteiger charge is 2.15. The third-order valence-electron chi connectivity index (χ3n) is 2.45. The Morgan fingerprint density at radius 3 is 2.61 bits per heavy atom. The number of aromatic nitrogens is 4. The zero-order valence-corrected chi connectivity index (χ0v) is 10.1. The summed E-state index contributed by atoms with van der Waals surface area (Å²) in [5.41, 5.74) is 7.48. The molecule has 0 saturated heterocycles. The van der Waals surface area contributed by atoms with Crippen LogP contribution in [0.4, 0.5) is 5.82 Å². The zero-order chi connectivity index (χ0) is 12.5. The van der Waals surface area contributed by atoms with E-state index >= 15 is 0 Å². The molecule has 0 radical (unpaired) electrons. The summed E-state index contributed by atoms with van der Waals surface area (Å²) in [5.74, 6) is 0.748. The molecule has 0 aliphatic heterocycles. The van der Waals surface area contributed by atoms with Gasteiger partial charge in [-0.2, -0.15) is 5.10 Å². The second-order valence-electron chi connectivity index (χ2n) is 3.58. The Hall–Kier alpha value is -2.28. The number of thiol groups is 1. The minimum atomic E-state index is 0.192. The number of anilines is 1. The number of para-hydroxylation sites is 1. The summed E-state index contributed by atoms with van der Waals surface area (Å²) in [6.45, 7) is 0. The van der Waals surface area contributed by atoms with Gasteiger partial charge in [-0.1, -0.05) is 30.8 Å². The van der Waals surface area contributed by atoms with Crippen molar-refractivity contribution in [1.82, 2.24) is 20.0 Å². The normalized spacial score (nSPS) is 10.7. The molecule has 0 unspecified atom stereocenters. The molecule has 0 saturated carbocycles. The van der Waals surface area contributed by atoms with Gasteiger partial charge in [-0.05, 0) is 12.1 Å². The smallest absolute Gasteiger partial charge is 0.273 e. The largest absolute Gasteiger partial charge is 0.411 e. The fourth-order valence-corrected chi connectivity index (χ4v) is 1.75. The van der Waals surface area contributed by atoms with Gasteiger partial charge >= 0.3 is 0 Å². The van der Waals surface area contributed by atoms with E-state index < -0.39 is 0 Å². The molecule has 1 aromatic carbocycles. The van der Waals surface area contributed by atoms with Crippen LogP contribution in [0.25, 0.3) is 17.1 Å². The molecule has 0 amide bonds. The highest BCUT2D eigenvalue weighted by atomic mass is 32.1. The molecule has 0 fully saturated rings. The zero-order valence-electron chi connectivity index (χ0n) is 9.19. The van der Waals surface area contributed by atoms with E-state index in [4.69, 9.17) is 10.2 Å². The molecular formula is C11H9N5OS. The van der Waals surface area contributed by atoms with Gasteiger partial charge in [-0.15, -0.1) is 10.2 Å². The lowest BCUT2D eigenvalue weighted by Crippen LogP contribution is -2.01. The fourth-order valence-electron chi connectivity index (χ4n) is 1.62. The van der Waals surface area contributed by atoms with E-state index in [0.29, 0.717) is 17.3 Å². The summed E-state index contributed by atoms with van der Waals surface area (Å²) in [5, 5.41) is 11.9. The Bertz CT molecular complexity index is 676. The Balaban J connectivity index is 2.08. The third-order valence-corrected chi connectivity index (χ3v) is 2.63. The lowest BCUT2D eigenvalue weighted by Gasteiger charge is -2.03. The van der Waals surface area contributed by atoms with Crippen molar-refractivity contribution in [1.29, 1.82) is 0 Å². The van der Waals surface area contributed by atoms with Crippen molar-refractivity contribution in [3.63, 3.8) is 0 Å². The average molecular weight is 259 g/mol. The Morgan fingerprint density at radius 2 is 1.94 bits per heavy atom. The molecule has 0 atom stereocenters. The van der Waals surface area contributed by atoms with Crippen LogP contribution >= 0.6 is 12.6 Å². The summed E-state index contributed by atoms with van der Waals surface area (Å²) in [6.07, 6.45) is 1.59. The number of nitrogens with two attached hydrogens (primary N) is 1. The van der Waals surface area contributed by atoms with Gasteiger partial charge in [-0.3, -0.25) is 0 Å². The number of nitrogens with zero attached hydrogens (tertiary/aromatic N) is 4. The topological polar surface area (TPSA) is 82.8 Å². The molecule has 7 heteroatoms. The molecule has 0 aliphatic rings. The quantitative estimate of drug-likeness (QED) is 0.686. The van der Waals surface area contributed by atoms with Crippen LogP contribution in [0, 0.1) is 0 Å². The maximum atomic E-state index is 6.02. The van der Waals surface area contributed by atoms with Crippen molar-refractivity contribution in [3.05, 3.63) is 36.5 Å². The molecule has 0 aliphatic carbocycles. The Kier molecular flexibility index (Phi) is 2.52. The summed E-state index contributed by atoms with van der Waals surface area (Å²) >= 11 is 3.96. The maximum Gasteiger partial charge on any atom is 0.273 e. The highest BCUT2D eigenvalue weighted by molar-refractivity contribution is 7.80. The number of nitrogen functional groups attached to an aromatic ring is 1. The molecule has 0 spiro atoms. The van der Waals surface area contributed by atoms with Crippen LogP contribution in [-0.4, -0.2) is 20.0 Å². The van der Waals surface area contributed by atoms with Gasteiger partial charge in [0.05, 0.1) is 11.9 Å². The lowest BCUT2D eigenvalue weighted by molar-refractivity contribution is 0.468. The van der Waals surface area contributed by atoms with E-state index in [2.05, 4.69) is 27.9 Å². The molecular weight excluding hydrogens is 250 g/mol. The van der Waals surface area contributed by atoms with E-state index in [1.807, 2.05) is 30.3 Å². The summed E-state index contributed by atoms with van der Waals surface area (Å²) in [4.78, 5) is 0. The predicted molar refractivity (Wildman–Crippen MR) is 68.5 cm³/mol. The SMILES string of the molecule is Nc1c(-c2nnc(S)o2)cnn1-c1ccccc1. The van der Waals surface area contributed by atoms with Crippen molar-refractivity contribution >= 4 is 18.4 Å². The number of hydrogen-bond acceptors (Lipinski definition) is 6. The first kappa shape index (κ1) is 10.8. The molecule has 18 heavy (non-hydrogen) atoms. The lowest BCUT2D eigenvalue weighted by atomic mass is 10.3. The monoisotopic (exact) mass is 259 g/mol. The minimum Gasteiger partial charge on any atom is -0.411 e. The Labute approximate surface area is 108 Å². The summed E-state index contributed by atoms with van der Waals surface area (Å²) in [7, 11) is 0. The highest BCUT2D eigenvalue weighted by Crippen LogP contribution is 2.26. The third kappa shape index (κ3) is 1.74. The first-order valence-corrected chi connectivity index (χ1v) is 5.62. The maximum absolute atomic E-state index is 6.02. The van der Waals surface area contributed by atoms with Gasteiger partial charge in [0.15, 0.2) is 0 Å². The minimum absolute atomic E-state index is 0.192. The van der Waals surface area contributed by atoms with Crippen molar-refractivity contribution in [3.8, 4) is 17.1 Å². The van der Waals surface area contributed by atoms with Gasteiger partial charge < -0.3 is 10.2 Å². The van der Waals surface area contributed by atoms with Crippen LogP contribution in [0.15, 0.2) is 46.2 Å². The fraction of sp³-hybridized carbons (Fsp3) is 0. The van der Waals surface area contributed by atoms with Crippen molar-refractivity contribution in [2.24, 2.45) is 0 Å². The molecule has 2 heterocycles. The summed E-state index contributed by atoms with van der Waals surface area (Å²) in [6, 6.07) is 9.56. The van der Waals surface area contributed by atoms with E-state index in [1.54, 1.807) is 10.9 Å². The van der Waals surface area contributed by atoms with Crippen LogP contribution in [0.5, 0.6) is 0 Å². The van der Waals surface area contributed by atoms with Crippen molar-refractivity contribution in [2.75, 3.05) is 5.73 Å². The van der Waals surface area contributed by atoms with Crippen molar-refractivity contribution in [2.45, 2.75) is 5.22 Å². The molecule has 3 rings (SSSR count). The van der Waals surface area contributed by atoms with Crippen molar-refractivity contribution < 1.29 is 4.42 Å². The number of rotatable bonds is 2. The van der Waals surface area contributed by atoms with Gasteiger partial charge in [0.1, 0.15) is 11.4 Å². The molecule has 6 nitrogen and oxygen atoms in total. The molecule has 2 aromatic heterocycles.